The lowest BCUT2D eigenvalue weighted by molar-refractivity contribution is 0.0471. The molecule has 0 heterocycles. The predicted molar refractivity (Wildman–Crippen MR) is 64.2 cm³/mol. The van der Waals surface area contributed by atoms with Crippen molar-refractivity contribution < 1.29 is 9.53 Å². The van der Waals surface area contributed by atoms with Crippen molar-refractivity contribution in [2.24, 2.45) is 11.7 Å². The summed E-state index contributed by atoms with van der Waals surface area (Å²) < 4.78 is 5.24. The van der Waals surface area contributed by atoms with E-state index in [9.17, 15) is 4.79 Å². The second-order valence-electron chi connectivity index (χ2n) is 5.53. The topological polar surface area (TPSA) is 64.3 Å². The number of rotatable bonds is 2. The zero-order valence-corrected chi connectivity index (χ0v) is 10.6. The Bertz CT molecular complexity index is 236. The zero-order valence-electron chi connectivity index (χ0n) is 10.6. The van der Waals surface area contributed by atoms with Crippen molar-refractivity contribution in [3.8, 4) is 0 Å². The van der Waals surface area contributed by atoms with E-state index in [2.05, 4.69) is 5.32 Å². The van der Waals surface area contributed by atoms with Crippen LogP contribution in [0.5, 0.6) is 0 Å². The van der Waals surface area contributed by atoms with Crippen LogP contribution in [-0.2, 0) is 4.74 Å². The first-order chi connectivity index (χ1) is 7.42. The van der Waals surface area contributed by atoms with Crippen LogP contribution in [-0.4, -0.2) is 24.3 Å². The Morgan fingerprint density at radius 2 is 2.00 bits per heavy atom. The minimum atomic E-state index is -0.434. The molecule has 0 aromatic carbocycles. The molecule has 4 heteroatoms. The van der Waals surface area contributed by atoms with Crippen molar-refractivity contribution in [3.05, 3.63) is 0 Å². The quantitative estimate of drug-likeness (QED) is 0.760. The molecule has 0 bridgehead atoms. The maximum Gasteiger partial charge on any atom is 0.407 e. The highest BCUT2D eigenvalue weighted by atomic mass is 16.6. The molecule has 0 saturated heterocycles. The molecule has 0 spiro atoms. The van der Waals surface area contributed by atoms with E-state index < -0.39 is 5.60 Å². The van der Waals surface area contributed by atoms with Crippen molar-refractivity contribution in [1.29, 1.82) is 0 Å². The molecule has 0 aliphatic heterocycles. The van der Waals surface area contributed by atoms with Crippen LogP contribution in [0.15, 0.2) is 0 Å². The highest BCUT2D eigenvalue weighted by molar-refractivity contribution is 5.68. The van der Waals surface area contributed by atoms with Gasteiger partial charge in [0.1, 0.15) is 5.60 Å². The van der Waals surface area contributed by atoms with Crippen LogP contribution in [0.25, 0.3) is 0 Å². The van der Waals surface area contributed by atoms with Gasteiger partial charge in [-0.2, -0.15) is 0 Å². The molecule has 1 aliphatic carbocycles. The molecule has 0 aromatic heterocycles. The third-order valence-electron chi connectivity index (χ3n) is 2.91. The third-order valence-corrected chi connectivity index (χ3v) is 2.91. The minimum Gasteiger partial charge on any atom is -0.444 e. The largest absolute Gasteiger partial charge is 0.444 e. The molecular formula is C12H24N2O2. The average molecular weight is 228 g/mol. The first-order valence-electron chi connectivity index (χ1n) is 6.12. The number of hydrogen-bond acceptors (Lipinski definition) is 3. The highest BCUT2D eigenvalue weighted by Gasteiger charge is 2.27. The van der Waals surface area contributed by atoms with Gasteiger partial charge in [0.05, 0.1) is 0 Å². The summed E-state index contributed by atoms with van der Waals surface area (Å²) in [5.41, 5.74) is 5.27. The van der Waals surface area contributed by atoms with Gasteiger partial charge >= 0.3 is 6.09 Å². The summed E-state index contributed by atoms with van der Waals surface area (Å²) in [6.07, 6.45) is 4.18. The number of amides is 1. The fourth-order valence-electron chi connectivity index (χ4n) is 2.14. The van der Waals surface area contributed by atoms with Crippen LogP contribution in [0.2, 0.25) is 0 Å². The molecule has 1 fully saturated rings. The Morgan fingerprint density at radius 1 is 1.38 bits per heavy atom. The summed E-state index contributed by atoms with van der Waals surface area (Å²) >= 11 is 0. The van der Waals surface area contributed by atoms with Crippen molar-refractivity contribution >= 4 is 6.09 Å². The molecule has 94 valence electrons. The number of carbonyl (C=O) groups is 1. The van der Waals surface area contributed by atoms with Gasteiger partial charge in [-0.05, 0) is 46.1 Å². The molecule has 0 unspecified atom stereocenters. The van der Waals surface area contributed by atoms with Gasteiger partial charge in [0.15, 0.2) is 0 Å². The van der Waals surface area contributed by atoms with Crippen molar-refractivity contribution in [2.45, 2.75) is 58.1 Å². The summed E-state index contributed by atoms with van der Waals surface area (Å²) in [4.78, 5) is 11.6. The number of ether oxygens (including phenoxy) is 1. The lowest BCUT2D eigenvalue weighted by Gasteiger charge is -2.32. The van der Waals surface area contributed by atoms with Crippen molar-refractivity contribution in [1.82, 2.24) is 5.32 Å². The van der Waals surface area contributed by atoms with Gasteiger partial charge in [0.25, 0.3) is 0 Å². The lowest BCUT2D eigenvalue weighted by Crippen LogP contribution is -2.46. The Hall–Kier alpha value is -0.770. The number of nitrogens with two attached hydrogens (primary N) is 1. The van der Waals surface area contributed by atoms with Gasteiger partial charge in [-0.1, -0.05) is 12.8 Å². The monoisotopic (exact) mass is 228 g/mol. The molecule has 0 radical (unpaired) electrons. The molecule has 0 aromatic rings. The SMILES string of the molecule is CC(C)(C)OC(=O)N[C@@H]1CCCC[C@@H]1CN. The van der Waals surface area contributed by atoms with E-state index in [-0.39, 0.29) is 12.1 Å². The second-order valence-corrected chi connectivity index (χ2v) is 5.53. The summed E-state index contributed by atoms with van der Waals surface area (Å²) in [5.74, 6) is 0.404. The smallest absolute Gasteiger partial charge is 0.407 e. The van der Waals surface area contributed by atoms with Crippen molar-refractivity contribution in [3.63, 3.8) is 0 Å². The summed E-state index contributed by atoms with van der Waals surface area (Å²) in [7, 11) is 0. The number of nitrogens with one attached hydrogen (secondary N) is 1. The fourth-order valence-corrected chi connectivity index (χ4v) is 2.14. The highest BCUT2D eigenvalue weighted by Crippen LogP contribution is 2.23. The summed E-state index contributed by atoms with van der Waals surface area (Å²) in [6, 6.07) is 0.189. The van der Waals surface area contributed by atoms with Crippen LogP contribution >= 0.6 is 0 Å². The number of alkyl carbamates (subject to hydrolysis) is 1. The maximum absolute atomic E-state index is 11.6. The summed E-state index contributed by atoms with van der Waals surface area (Å²) in [5, 5.41) is 2.94. The molecule has 1 rings (SSSR count). The molecule has 2 atom stereocenters. The zero-order chi connectivity index (χ0) is 12.2. The van der Waals surface area contributed by atoms with E-state index >= 15 is 0 Å². The third kappa shape index (κ3) is 4.39. The van der Waals surface area contributed by atoms with Gasteiger partial charge in [0, 0.05) is 6.04 Å². The van der Waals surface area contributed by atoms with Gasteiger partial charge in [-0.3, -0.25) is 0 Å². The van der Waals surface area contributed by atoms with E-state index in [0.717, 1.165) is 19.3 Å². The van der Waals surface area contributed by atoms with Gasteiger partial charge in [-0.25, -0.2) is 4.79 Å². The first kappa shape index (κ1) is 13.3. The molecule has 1 aliphatic rings. The molecule has 1 amide bonds. The Kier molecular flexibility index (Phi) is 4.59. The van der Waals surface area contributed by atoms with Gasteiger partial charge < -0.3 is 15.8 Å². The van der Waals surface area contributed by atoms with Gasteiger partial charge in [0.2, 0.25) is 0 Å². The van der Waals surface area contributed by atoms with Crippen LogP contribution in [0.3, 0.4) is 0 Å². The lowest BCUT2D eigenvalue weighted by atomic mass is 9.85. The number of carbonyl (C=O) groups excluding carboxylic acids is 1. The van der Waals surface area contributed by atoms with Crippen LogP contribution in [0, 0.1) is 5.92 Å². The molecule has 4 nitrogen and oxygen atoms in total. The summed E-state index contributed by atoms with van der Waals surface area (Å²) in [6.45, 7) is 6.25. The molecular weight excluding hydrogens is 204 g/mol. The van der Waals surface area contributed by atoms with Crippen LogP contribution in [0.4, 0.5) is 4.79 Å². The minimum absolute atomic E-state index is 0.189. The fraction of sp³-hybridized carbons (Fsp3) is 0.917. The van der Waals surface area contributed by atoms with E-state index in [1.807, 2.05) is 20.8 Å². The molecule has 1 saturated carbocycles. The Morgan fingerprint density at radius 3 is 2.56 bits per heavy atom. The first-order valence-corrected chi connectivity index (χ1v) is 6.12. The maximum atomic E-state index is 11.6. The second kappa shape index (κ2) is 5.53. The molecule has 16 heavy (non-hydrogen) atoms. The average Bonchev–Trinajstić information content (AvgIpc) is 2.15. The Balaban J connectivity index is 2.42. The van der Waals surface area contributed by atoms with E-state index in [1.165, 1.54) is 6.42 Å². The number of hydrogen-bond donors (Lipinski definition) is 2. The van der Waals surface area contributed by atoms with Crippen LogP contribution in [0.1, 0.15) is 46.5 Å². The van der Waals surface area contributed by atoms with E-state index in [0.29, 0.717) is 12.5 Å². The molecule has 3 N–H and O–H groups in total. The predicted octanol–water partition coefficient (Wildman–Crippen LogP) is 2.03. The van der Waals surface area contributed by atoms with Gasteiger partial charge in [-0.15, -0.1) is 0 Å². The standard InChI is InChI=1S/C12H24N2O2/c1-12(2,3)16-11(15)14-10-7-5-4-6-9(10)8-13/h9-10H,4-8,13H2,1-3H3,(H,14,15)/t9-,10-/m1/s1. The van der Waals surface area contributed by atoms with E-state index in [4.69, 9.17) is 10.5 Å². The van der Waals surface area contributed by atoms with Crippen molar-refractivity contribution in [2.75, 3.05) is 6.54 Å². The Labute approximate surface area is 97.9 Å². The normalized spacial score (nSPS) is 26.2. The van der Waals surface area contributed by atoms with E-state index in [1.54, 1.807) is 0 Å². The van der Waals surface area contributed by atoms with Crippen LogP contribution < -0.4 is 11.1 Å².